The van der Waals surface area contributed by atoms with Crippen LogP contribution in [0.15, 0.2) is 17.0 Å². The molecular weight excluding hydrogens is 295 g/mol. The SMILES string of the molecule is Cc1cc(F)c(S(=O)(=O)NCC(C)(O)CC(C)C)cc1N. The molecule has 0 spiro atoms. The third-order valence-electron chi connectivity index (χ3n) is 3.10. The van der Waals surface area contributed by atoms with Crippen LogP contribution in [0, 0.1) is 18.7 Å². The van der Waals surface area contributed by atoms with Gasteiger partial charge in [0.1, 0.15) is 10.7 Å². The van der Waals surface area contributed by atoms with Gasteiger partial charge in [-0.2, -0.15) is 0 Å². The van der Waals surface area contributed by atoms with Crippen molar-refractivity contribution < 1.29 is 17.9 Å². The summed E-state index contributed by atoms with van der Waals surface area (Å²) in [7, 11) is -4.06. The first-order valence-corrected chi connectivity index (χ1v) is 8.20. The second-order valence-corrected chi connectivity index (χ2v) is 7.79. The van der Waals surface area contributed by atoms with E-state index >= 15 is 0 Å². The van der Waals surface area contributed by atoms with Gasteiger partial charge in [0.2, 0.25) is 10.0 Å². The molecule has 0 saturated heterocycles. The minimum absolute atomic E-state index is 0.194. The molecule has 1 atom stereocenters. The number of benzene rings is 1. The lowest BCUT2D eigenvalue weighted by Crippen LogP contribution is -2.41. The highest BCUT2D eigenvalue weighted by Gasteiger charge is 2.27. The molecule has 0 aromatic heterocycles. The first-order valence-electron chi connectivity index (χ1n) is 6.72. The monoisotopic (exact) mass is 318 g/mol. The van der Waals surface area contributed by atoms with Gasteiger partial charge >= 0.3 is 0 Å². The molecule has 0 aliphatic rings. The van der Waals surface area contributed by atoms with Gasteiger partial charge in [0.25, 0.3) is 0 Å². The second-order valence-electron chi connectivity index (χ2n) is 6.06. The largest absolute Gasteiger partial charge is 0.398 e. The number of hydrogen-bond donors (Lipinski definition) is 3. The molecule has 1 aromatic rings. The highest BCUT2D eigenvalue weighted by Crippen LogP contribution is 2.22. The molecule has 0 aliphatic carbocycles. The summed E-state index contributed by atoms with van der Waals surface area (Å²) in [6.07, 6.45) is 0.425. The van der Waals surface area contributed by atoms with E-state index in [0.29, 0.717) is 12.0 Å². The maximum absolute atomic E-state index is 13.8. The van der Waals surface area contributed by atoms with Crippen LogP contribution in [-0.4, -0.2) is 25.7 Å². The van der Waals surface area contributed by atoms with E-state index in [1.807, 2.05) is 13.8 Å². The average Bonchev–Trinajstić information content (AvgIpc) is 2.30. The number of aliphatic hydroxyl groups is 1. The van der Waals surface area contributed by atoms with Gasteiger partial charge in [0.15, 0.2) is 0 Å². The van der Waals surface area contributed by atoms with E-state index in [-0.39, 0.29) is 18.2 Å². The summed E-state index contributed by atoms with van der Waals surface area (Å²) in [6.45, 7) is 6.78. The molecule has 120 valence electrons. The summed E-state index contributed by atoms with van der Waals surface area (Å²) in [5, 5.41) is 10.1. The van der Waals surface area contributed by atoms with Crippen molar-refractivity contribution in [3.8, 4) is 0 Å². The van der Waals surface area contributed by atoms with Crippen LogP contribution < -0.4 is 10.5 Å². The Morgan fingerprint density at radius 1 is 1.43 bits per heavy atom. The van der Waals surface area contributed by atoms with Crippen molar-refractivity contribution in [2.24, 2.45) is 5.92 Å². The summed E-state index contributed by atoms with van der Waals surface area (Å²) in [5.41, 5.74) is 5.10. The Bertz CT molecular complexity index is 613. The molecular formula is C14H23FN2O3S. The fraction of sp³-hybridized carbons (Fsp3) is 0.571. The molecule has 0 fully saturated rings. The molecule has 7 heteroatoms. The Morgan fingerprint density at radius 3 is 2.52 bits per heavy atom. The highest BCUT2D eigenvalue weighted by atomic mass is 32.2. The number of rotatable bonds is 6. The standard InChI is InChI=1S/C14H23FN2O3S/c1-9(2)7-14(4,18)8-17-21(19,20)13-6-12(16)10(3)5-11(13)15/h5-6,9,17-18H,7-8,16H2,1-4H3. The average molecular weight is 318 g/mol. The van der Waals surface area contributed by atoms with Gasteiger partial charge in [-0.05, 0) is 43.9 Å². The van der Waals surface area contributed by atoms with Crippen LogP contribution in [0.4, 0.5) is 10.1 Å². The molecule has 21 heavy (non-hydrogen) atoms. The number of sulfonamides is 1. The maximum atomic E-state index is 13.8. The first kappa shape index (κ1) is 17.9. The zero-order valence-electron chi connectivity index (χ0n) is 12.8. The van der Waals surface area contributed by atoms with Crippen molar-refractivity contribution in [1.82, 2.24) is 4.72 Å². The van der Waals surface area contributed by atoms with Crippen LogP contribution >= 0.6 is 0 Å². The number of hydrogen-bond acceptors (Lipinski definition) is 4. The lowest BCUT2D eigenvalue weighted by molar-refractivity contribution is 0.0436. The molecule has 1 unspecified atom stereocenters. The zero-order chi connectivity index (χ0) is 16.4. The van der Waals surface area contributed by atoms with E-state index in [4.69, 9.17) is 5.73 Å². The van der Waals surface area contributed by atoms with Gasteiger partial charge in [0.05, 0.1) is 5.60 Å². The third kappa shape index (κ3) is 4.94. The van der Waals surface area contributed by atoms with Gasteiger partial charge in [-0.25, -0.2) is 17.5 Å². The Hall–Kier alpha value is -1.18. The van der Waals surface area contributed by atoms with Crippen LogP contribution in [0.5, 0.6) is 0 Å². The van der Waals surface area contributed by atoms with E-state index in [0.717, 1.165) is 12.1 Å². The normalized spacial score (nSPS) is 15.2. The summed E-state index contributed by atoms with van der Waals surface area (Å²) in [4.78, 5) is -0.508. The molecule has 0 bridgehead atoms. The Morgan fingerprint density at radius 2 is 2.00 bits per heavy atom. The van der Waals surface area contributed by atoms with Gasteiger partial charge in [-0.1, -0.05) is 13.8 Å². The smallest absolute Gasteiger partial charge is 0.243 e. The predicted octanol–water partition coefficient (Wildman–Crippen LogP) is 1.79. The van der Waals surface area contributed by atoms with Gasteiger partial charge < -0.3 is 10.8 Å². The Balaban J connectivity index is 2.95. The molecule has 1 aromatic carbocycles. The van der Waals surface area contributed by atoms with Crippen LogP contribution in [0.25, 0.3) is 0 Å². The highest BCUT2D eigenvalue weighted by molar-refractivity contribution is 7.89. The summed E-state index contributed by atoms with van der Waals surface area (Å²) in [6, 6.07) is 2.17. The number of halogens is 1. The molecule has 4 N–H and O–H groups in total. The molecule has 5 nitrogen and oxygen atoms in total. The van der Waals surface area contributed by atoms with E-state index in [1.165, 1.54) is 6.92 Å². The molecule has 1 rings (SSSR count). The summed E-state index contributed by atoms with van der Waals surface area (Å²) >= 11 is 0. The van der Waals surface area contributed by atoms with Gasteiger partial charge in [-0.15, -0.1) is 0 Å². The van der Waals surface area contributed by atoms with Crippen molar-refractivity contribution in [2.75, 3.05) is 12.3 Å². The third-order valence-corrected chi connectivity index (χ3v) is 4.52. The first-order chi connectivity index (χ1) is 9.44. The second kappa shape index (κ2) is 6.29. The number of nitrogens with two attached hydrogens (primary N) is 1. The van der Waals surface area contributed by atoms with Crippen molar-refractivity contribution in [1.29, 1.82) is 0 Å². The van der Waals surface area contributed by atoms with E-state index in [1.54, 1.807) is 6.92 Å². The van der Waals surface area contributed by atoms with E-state index in [2.05, 4.69) is 4.72 Å². The quantitative estimate of drug-likeness (QED) is 0.697. The fourth-order valence-electron chi connectivity index (χ4n) is 2.15. The lowest BCUT2D eigenvalue weighted by atomic mass is 9.95. The number of anilines is 1. The predicted molar refractivity (Wildman–Crippen MR) is 80.8 cm³/mol. The van der Waals surface area contributed by atoms with Crippen LogP contribution in [0.1, 0.15) is 32.8 Å². The van der Waals surface area contributed by atoms with Crippen LogP contribution in [0.2, 0.25) is 0 Å². The number of aryl methyl sites for hydroxylation is 1. The van der Waals surface area contributed by atoms with Crippen LogP contribution in [-0.2, 0) is 10.0 Å². The van der Waals surface area contributed by atoms with Crippen molar-refractivity contribution in [3.63, 3.8) is 0 Å². The fourth-order valence-corrected chi connectivity index (χ4v) is 3.41. The maximum Gasteiger partial charge on any atom is 0.243 e. The molecule has 0 amide bonds. The summed E-state index contributed by atoms with van der Waals surface area (Å²) in [5.74, 6) is -0.658. The van der Waals surface area contributed by atoms with E-state index < -0.39 is 26.3 Å². The molecule has 0 radical (unpaired) electrons. The van der Waals surface area contributed by atoms with E-state index in [9.17, 15) is 17.9 Å². The van der Waals surface area contributed by atoms with Crippen molar-refractivity contribution in [2.45, 2.75) is 44.6 Å². The Kier molecular flexibility index (Phi) is 5.35. The van der Waals surface area contributed by atoms with Gasteiger partial charge in [0, 0.05) is 12.2 Å². The van der Waals surface area contributed by atoms with Crippen LogP contribution in [0.3, 0.4) is 0 Å². The minimum atomic E-state index is -4.06. The summed E-state index contributed by atoms with van der Waals surface area (Å²) < 4.78 is 40.3. The molecule has 0 aliphatic heterocycles. The molecule has 0 heterocycles. The number of nitrogens with one attached hydrogen (secondary N) is 1. The Labute approximate surface area is 125 Å². The van der Waals surface area contributed by atoms with Crippen molar-refractivity contribution >= 4 is 15.7 Å². The minimum Gasteiger partial charge on any atom is -0.398 e. The zero-order valence-corrected chi connectivity index (χ0v) is 13.6. The topological polar surface area (TPSA) is 92.4 Å². The van der Waals surface area contributed by atoms with Gasteiger partial charge in [-0.3, -0.25) is 0 Å². The molecule has 0 saturated carbocycles. The van der Waals surface area contributed by atoms with Crippen molar-refractivity contribution in [3.05, 3.63) is 23.5 Å². The lowest BCUT2D eigenvalue weighted by Gasteiger charge is -2.25. The number of nitrogen functional groups attached to an aromatic ring is 1.